The van der Waals surface area contributed by atoms with Gasteiger partial charge in [-0.25, -0.2) is 0 Å². The van der Waals surface area contributed by atoms with E-state index < -0.39 is 0 Å². The second kappa shape index (κ2) is 4.58. The van der Waals surface area contributed by atoms with Crippen LogP contribution >= 0.6 is 11.6 Å². The summed E-state index contributed by atoms with van der Waals surface area (Å²) < 4.78 is 0. The summed E-state index contributed by atoms with van der Waals surface area (Å²) in [6.45, 7) is 2.70. The number of halogens is 1. The molecule has 0 spiro atoms. The molecule has 0 aliphatic heterocycles. The number of carbonyl (C=O) groups excluding carboxylic acids is 1. The van der Waals surface area contributed by atoms with Crippen LogP contribution in [0.4, 0.5) is 0 Å². The number of aromatic nitrogens is 1. The van der Waals surface area contributed by atoms with Crippen molar-refractivity contribution in [2.75, 3.05) is 6.54 Å². The number of carbonyl (C=O) groups is 1. The Hall–Kier alpha value is -1.48. The van der Waals surface area contributed by atoms with Gasteiger partial charge in [-0.2, -0.15) is 0 Å². The zero-order valence-electron chi connectivity index (χ0n) is 9.01. The maximum atomic E-state index is 11.7. The van der Waals surface area contributed by atoms with Gasteiger partial charge in [-0.15, -0.1) is 0 Å². The normalized spacial score (nSPS) is 10.6. The molecule has 1 aromatic carbocycles. The minimum absolute atomic E-state index is 0.0888. The summed E-state index contributed by atoms with van der Waals surface area (Å²) in [5.41, 5.74) is 1.44. The smallest absolute Gasteiger partial charge is 0.267 e. The molecule has 0 saturated heterocycles. The summed E-state index contributed by atoms with van der Waals surface area (Å²) >= 11 is 6.03. The third-order valence-corrected chi connectivity index (χ3v) is 2.72. The van der Waals surface area contributed by atoms with E-state index in [9.17, 15) is 4.79 Å². The molecule has 2 N–H and O–H groups in total. The fraction of sp³-hybridized carbons (Fsp3) is 0.250. The highest BCUT2D eigenvalue weighted by Crippen LogP contribution is 2.23. The molecule has 0 unspecified atom stereocenters. The predicted octanol–water partition coefficient (Wildman–Crippen LogP) is 2.96. The molecule has 1 aromatic heterocycles. The van der Waals surface area contributed by atoms with Gasteiger partial charge >= 0.3 is 0 Å². The highest BCUT2D eigenvalue weighted by Gasteiger charge is 2.09. The van der Waals surface area contributed by atoms with Crippen LogP contribution in [-0.4, -0.2) is 17.4 Å². The van der Waals surface area contributed by atoms with E-state index in [-0.39, 0.29) is 5.91 Å². The number of amides is 1. The van der Waals surface area contributed by atoms with Crippen molar-refractivity contribution in [3.63, 3.8) is 0 Å². The first kappa shape index (κ1) is 11.0. The lowest BCUT2D eigenvalue weighted by Crippen LogP contribution is -2.24. The van der Waals surface area contributed by atoms with Crippen molar-refractivity contribution in [2.45, 2.75) is 13.3 Å². The molecule has 1 amide bonds. The van der Waals surface area contributed by atoms with E-state index >= 15 is 0 Å². The monoisotopic (exact) mass is 236 g/mol. The number of fused-ring (bicyclic) bond motifs is 1. The molecule has 0 fully saturated rings. The Morgan fingerprint density at radius 1 is 1.50 bits per heavy atom. The highest BCUT2D eigenvalue weighted by atomic mass is 35.5. The van der Waals surface area contributed by atoms with Crippen molar-refractivity contribution in [3.05, 3.63) is 35.0 Å². The minimum atomic E-state index is -0.0888. The van der Waals surface area contributed by atoms with Crippen LogP contribution < -0.4 is 5.32 Å². The highest BCUT2D eigenvalue weighted by molar-refractivity contribution is 6.35. The molecule has 84 valence electrons. The van der Waals surface area contributed by atoms with Crippen LogP contribution in [0.15, 0.2) is 24.3 Å². The average molecular weight is 237 g/mol. The van der Waals surface area contributed by atoms with E-state index in [1.54, 1.807) is 6.07 Å². The largest absolute Gasteiger partial charge is 0.351 e. The number of nitrogens with one attached hydrogen (secondary N) is 2. The SMILES string of the molecule is CCCNC(=O)c1cc2c(Cl)cccc2[nH]1. The molecule has 0 bridgehead atoms. The molecule has 0 saturated carbocycles. The zero-order chi connectivity index (χ0) is 11.5. The summed E-state index contributed by atoms with van der Waals surface area (Å²) in [4.78, 5) is 14.7. The van der Waals surface area contributed by atoms with Crippen LogP contribution in [0.2, 0.25) is 5.02 Å². The Balaban J connectivity index is 2.32. The first-order valence-corrected chi connectivity index (χ1v) is 5.65. The number of rotatable bonds is 3. The number of hydrogen-bond acceptors (Lipinski definition) is 1. The Morgan fingerprint density at radius 2 is 2.31 bits per heavy atom. The molecular formula is C12H13ClN2O. The van der Waals surface area contributed by atoms with E-state index in [4.69, 9.17) is 11.6 Å². The lowest BCUT2D eigenvalue weighted by Gasteiger charge is -1.99. The summed E-state index contributed by atoms with van der Waals surface area (Å²) in [5.74, 6) is -0.0888. The Labute approximate surface area is 98.8 Å². The van der Waals surface area contributed by atoms with Gasteiger partial charge in [0.05, 0.1) is 0 Å². The van der Waals surface area contributed by atoms with Crippen LogP contribution in [0.3, 0.4) is 0 Å². The summed E-state index contributed by atoms with van der Waals surface area (Å²) in [6, 6.07) is 7.35. The maximum absolute atomic E-state index is 11.7. The van der Waals surface area contributed by atoms with Crippen LogP contribution in [0, 0.1) is 0 Å². The molecule has 0 aliphatic rings. The van der Waals surface area contributed by atoms with Crippen LogP contribution in [-0.2, 0) is 0 Å². The fourth-order valence-electron chi connectivity index (χ4n) is 1.57. The second-order valence-electron chi connectivity index (χ2n) is 3.64. The molecule has 0 aliphatic carbocycles. The Kier molecular flexibility index (Phi) is 3.15. The third-order valence-electron chi connectivity index (χ3n) is 2.39. The van der Waals surface area contributed by atoms with Crippen LogP contribution in [0.5, 0.6) is 0 Å². The number of aromatic amines is 1. The quantitative estimate of drug-likeness (QED) is 0.846. The van der Waals surface area contributed by atoms with Crippen LogP contribution in [0.1, 0.15) is 23.8 Å². The minimum Gasteiger partial charge on any atom is -0.351 e. The molecule has 2 aromatic rings. The first-order chi connectivity index (χ1) is 7.72. The topological polar surface area (TPSA) is 44.9 Å². The molecule has 4 heteroatoms. The van der Waals surface area contributed by atoms with Crippen molar-refractivity contribution >= 4 is 28.4 Å². The van der Waals surface area contributed by atoms with Gasteiger partial charge in [-0.3, -0.25) is 4.79 Å². The van der Waals surface area contributed by atoms with Gasteiger partial charge in [-0.1, -0.05) is 24.6 Å². The molecule has 2 rings (SSSR count). The average Bonchev–Trinajstić information content (AvgIpc) is 2.71. The van der Waals surface area contributed by atoms with E-state index in [0.29, 0.717) is 17.3 Å². The maximum Gasteiger partial charge on any atom is 0.267 e. The van der Waals surface area contributed by atoms with E-state index in [2.05, 4.69) is 10.3 Å². The second-order valence-corrected chi connectivity index (χ2v) is 4.05. The molecule has 16 heavy (non-hydrogen) atoms. The molecule has 0 atom stereocenters. The standard InChI is InChI=1S/C12H13ClN2O/c1-2-6-14-12(16)11-7-8-9(13)4-3-5-10(8)15-11/h3-5,7,15H,2,6H2,1H3,(H,14,16). The van der Waals surface area contributed by atoms with Crippen molar-refractivity contribution < 1.29 is 4.79 Å². The van der Waals surface area contributed by atoms with Gasteiger partial charge in [0, 0.05) is 22.5 Å². The van der Waals surface area contributed by atoms with Crippen molar-refractivity contribution in [2.24, 2.45) is 0 Å². The van der Waals surface area contributed by atoms with E-state index in [1.807, 2.05) is 25.1 Å². The molecule has 3 nitrogen and oxygen atoms in total. The van der Waals surface area contributed by atoms with E-state index in [1.165, 1.54) is 0 Å². The van der Waals surface area contributed by atoms with Gasteiger partial charge < -0.3 is 10.3 Å². The first-order valence-electron chi connectivity index (χ1n) is 5.28. The Bertz CT molecular complexity index is 519. The predicted molar refractivity (Wildman–Crippen MR) is 65.9 cm³/mol. The van der Waals surface area contributed by atoms with Gasteiger partial charge in [0.15, 0.2) is 0 Å². The van der Waals surface area contributed by atoms with Gasteiger partial charge in [0.2, 0.25) is 0 Å². The fourth-order valence-corrected chi connectivity index (χ4v) is 1.80. The number of benzene rings is 1. The number of hydrogen-bond donors (Lipinski definition) is 2. The van der Waals surface area contributed by atoms with Crippen LogP contribution in [0.25, 0.3) is 10.9 Å². The Morgan fingerprint density at radius 3 is 3.00 bits per heavy atom. The van der Waals surface area contributed by atoms with Gasteiger partial charge in [0.1, 0.15) is 5.69 Å². The molecular weight excluding hydrogens is 224 g/mol. The lowest BCUT2D eigenvalue weighted by atomic mass is 10.2. The lowest BCUT2D eigenvalue weighted by molar-refractivity contribution is 0.0949. The molecule has 0 radical (unpaired) electrons. The van der Waals surface area contributed by atoms with Crippen molar-refractivity contribution in [1.82, 2.24) is 10.3 Å². The van der Waals surface area contributed by atoms with E-state index in [0.717, 1.165) is 17.3 Å². The summed E-state index contributed by atoms with van der Waals surface area (Å²) in [5, 5.41) is 4.35. The van der Waals surface area contributed by atoms with Gasteiger partial charge in [0.25, 0.3) is 5.91 Å². The zero-order valence-corrected chi connectivity index (χ0v) is 9.77. The van der Waals surface area contributed by atoms with Crippen molar-refractivity contribution in [1.29, 1.82) is 0 Å². The van der Waals surface area contributed by atoms with Crippen molar-refractivity contribution in [3.8, 4) is 0 Å². The summed E-state index contributed by atoms with van der Waals surface area (Å²) in [6.07, 6.45) is 0.923. The number of H-pyrrole nitrogens is 1. The third kappa shape index (κ3) is 2.04. The van der Waals surface area contributed by atoms with Gasteiger partial charge in [-0.05, 0) is 24.6 Å². The summed E-state index contributed by atoms with van der Waals surface area (Å²) in [7, 11) is 0. The molecule has 1 heterocycles.